The Bertz CT molecular complexity index is 516. The molecule has 0 aliphatic rings. The molecule has 0 heterocycles. The van der Waals surface area contributed by atoms with E-state index in [0.717, 1.165) is 19.3 Å². The average molecular weight is 689 g/mol. The van der Waals surface area contributed by atoms with E-state index in [1.165, 1.54) is 179 Å². The van der Waals surface area contributed by atoms with Crippen molar-refractivity contribution in [2.24, 2.45) is 0 Å². The van der Waals surface area contributed by atoms with Crippen LogP contribution >= 0.6 is 0 Å². The molecule has 0 aliphatic carbocycles. The molecule has 0 saturated carbocycles. The summed E-state index contributed by atoms with van der Waals surface area (Å²) in [6, 6.07) is 0. The zero-order chi connectivity index (χ0) is 28.5. The van der Waals surface area contributed by atoms with Gasteiger partial charge in [0, 0.05) is 18.9 Å². The first-order valence-corrected chi connectivity index (χ1v) is 18.1. The Morgan fingerprint density at radius 1 is 0.400 bits per heavy atom. The van der Waals surface area contributed by atoms with Crippen molar-refractivity contribution < 1.29 is 51.6 Å². The van der Waals surface area contributed by atoms with Crippen molar-refractivity contribution >= 4 is 5.78 Å². The SMILES string of the molecule is CCCCCCCCCCCCCCCCCC(=O)/C=C(\O)CCCCCCCCCCCCCCCCC.[Ce+4]. The molecule has 0 aliphatic heterocycles. The van der Waals surface area contributed by atoms with Gasteiger partial charge in [0.05, 0.1) is 5.76 Å². The van der Waals surface area contributed by atoms with Crippen molar-refractivity contribution in [3.05, 3.63) is 11.8 Å². The first-order chi connectivity index (χ1) is 19.2. The number of aliphatic hydroxyl groups is 1. The van der Waals surface area contributed by atoms with Gasteiger partial charge in [-0.2, -0.15) is 0 Å². The first kappa shape index (κ1) is 42.7. The van der Waals surface area contributed by atoms with Gasteiger partial charge in [-0.3, -0.25) is 4.79 Å². The van der Waals surface area contributed by atoms with E-state index < -0.39 is 0 Å². The van der Waals surface area contributed by atoms with Gasteiger partial charge in [0.25, 0.3) is 0 Å². The number of carbonyl (C=O) groups excluding carboxylic acids is 1. The zero-order valence-electron chi connectivity index (χ0n) is 27.6. The summed E-state index contributed by atoms with van der Waals surface area (Å²) in [5.74, 6) is 0.416. The molecule has 0 amide bonds. The maximum absolute atomic E-state index is 12.1. The number of hydrogen-bond donors (Lipinski definition) is 1. The van der Waals surface area contributed by atoms with E-state index in [4.69, 9.17) is 0 Å². The topological polar surface area (TPSA) is 37.3 Å². The molecular formula is C37H72CeO2+4. The van der Waals surface area contributed by atoms with Crippen molar-refractivity contribution in [3.8, 4) is 0 Å². The number of carbonyl (C=O) groups is 1. The molecule has 40 heavy (non-hydrogen) atoms. The Balaban J connectivity index is 0. The van der Waals surface area contributed by atoms with E-state index in [1.807, 2.05) is 0 Å². The molecule has 1 N–H and O–H groups in total. The fourth-order valence-corrected chi connectivity index (χ4v) is 5.68. The van der Waals surface area contributed by atoms with E-state index >= 15 is 0 Å². The van der Waals surface area contributed by atoms with E-state index in [2.05, 4.69) is 13.8 Å². The summed E-state index contributed by atoms with van der Waals surface area (Å²) in [5, 5.41) is 10.1. The minimum Gasteiger partial charge on any atom is -0.512 e. The Morgan fingerprint density at radius 2 is 0.625 bits per heavy atom. The van der Waals surface area contributed by atoms with Crippen molar-refractivity contribution in [1.29, 1.82) is 0 Å². The van der Waals surface area contributed by atoms with Gasteiger partial charge >= 0.3 is 41.7 Å². The van der Waals surface area contributed by atoms with Crippen LogP contribution in [0.5, 0.6) is 0 Å². The molecule has 0 bridgehead atoms. The van der Waals surface area contributed by atoms with E-state index in [1.54, 1.807) is 0 Å². The number of aliphatic hydroxyl groups excluding tert-OH is 1. The Hall–Kier alpha value is 0.587. The second kappa shape index (κ2) is 37.6. The van der Waals surface area contributed by atoms with Gasteiger partial charge in [-0.1, -0.05) is 194 Å². The summed E-state index contributed by atoms with van der Waals surface area (Å²) in [6.07, 6.45) is 43.1. The summed E-state index contributed by atoms with van der Waals surface area (Å²) < 4.78 is 0. The van der Waals surface area contributed by atoms with Crippen LogP contribution in [0.1, 0.15) is 219 Å². The molecule has 0 aromatic carbocycles. The monoisotopic (exact) mass is 688 g/mol. The van der Waals surface area contributed by atoms with E-state index in [9.17, 15) is 9.90 Å². The molecular weight excluding hydrogens is 617 g/mol. The molecule has 0 fully saturated rings. The predicted molar refractivity (Wildman–Crippen MR) is 175 cm³/mol. The number of rotatable bonds is 33. The van der Waals surface area contributed by atoms with Crippen LogP contribution in [-0.4, -0.2) is 10.9 Å². The van der Waals surface area contributed by atoms with Crippen molar-refractivity contribution in [1.82, 2.24) is 0 Å². The molecule has 3 heteroatoms. The molecule has 2 nitrogen and oxygen atoms in total. The Labute approximate surface area is 286 Å². The first-order valence-electron chi connectivity index (χ1n) is 18.1. The van der Waals surface area contributed by atoms with Crippen LogP contribution in [0.25, 0.3) is 0 Å². The number of ketones is 1. The molecule has 0 saturated heterocycles. The van der Waals surface area contributed by atoms with Crippen LogP contribution in [-0.2, 0) is 4.79 Å². The van der Waals surface area contributed by atoms with Crippen LogP contribution < -0.4 is 0 Å². The minimum absolute atomic E-state index is 0. The maximum Gasteiger partial charge on any atom is 4.00 e. The maximum atomic E-state index is 12.1. The zero-order valence-corrected chi connectivity index (χ0v) is 30.7. The number of hydrogen-bond acceptors (Lipinski definition) is 2. The molecule has 0 aromatic rings. The summed E-state index contributed by atoms with van der Waals surface area (Å²) in [5.41, 5.74) is 0. The average Bonchev–Trinajstić information content (AvgIpc) is 2.93. The number of unbranched alkanes of at least 4 members (excludes halogenated alkanes) is 28. The van der Waals surface area contributed by atoms with Crippen molar-refractivity contribution in [3.63, 3.8) is 0 Å². The third-order valence-electron chi connectivity index (χ3n) is 8.39. The van der Waals surface area contributed by atoms with Gasteiger partial charge in [0.15, 0.2) is 5.78 Å². The largest absolute Gasteiger partial charge is 4.00 e. The van der Waals surface area contributed by atoms with Crippen LogP contribution in [0.15, 0.2) is 11.8 Å². The number of allylic oxidation sites excluding steroid dienone is 2. The molecule has 0 aromatic heterocycles. The van der Waals surface area contributed by atoms with E-state index in [-0.39, 0.29) is 47.5 Å². The fourth-order valence-electron chi connectivity index (χ4n) is 5.68. The third kappa shape index (κ3) is 36.6. The van der Waals surface area contributed by atoms with Crippen LogP contribution in [0.2, 0.25) is 0 Å². The van der Waals surface area contributed by atoms with Gasteiger partial charge in [0.1, 0.15) is 0 Å². The second-order valence-corrected chi connectivity index (χ2v) is 12.5. The van der Waals surface area contributed by atoms with Crippen molar-refractivity contribution in [2.45, 2.75) is 219 Å². The third-order valence-corrected chi connectivity index (χ3v) is 8.39. The van der Waals surface area contributed by atoms with Crippen molar-refractivity contribution in [2.75, 3.05) is 0 Å². The normalized spacial score (nSPS) is 11.6. The standard InChI is InChI=1S/C37H72O2.Ce/c1-3-5-7-9-11-13-15-17-19-21-23-25-27-29-31-33-36(38)35-37(39)34-32-30-28-26-24-22-20-18-16-14-12-10-8-6-4-2;/h35,38H,3-34H2,1-2H3;/q;+4/b36-35-;. The molecule has 232 valence electrons. The van der Waals surface area contributed by atoms with Crippen LogP contribution in [0.4, 0.5) is 0 Å². The fraction of sp³-hybridized carbons (Fsp3) is 0.919. The second-order valence-electron chi connectivity index (χ2n) is 12.5. The summed E-state index contributed by atoms with van der Waals surface area (Å²) in [6.45, 7) is 4.57. The molecule has 0 spiro atoms. The predicted octanol–water partition coefficient (Wildman–Crippen LogP) is 13.5. The van der Waals surface area contributed by atoms with Gasteiger partial charge in [-0.05, 0) is 12.8 Å². The quantitative estimate of drug-likeness (QED) is 0.0423. The minimum atomic E-state index is 0. The van der Waals surface area contributed by atoms with Crippen LogP contribution in [0.3, 0.4) is 0 Å². The van der Waals surface area contributed by atoms with E-state index in [0.29, 0.717) is 18.6 Å². The Kier molecular flexibility index (Phi) is 40.2. The summed E-state index contributed by atoms with van der Waals surface area (Å²) >= 11 is 0. The van der Waals surface area contributed by atoms with Crippen LogP contribution in [0, 0.1) is 41.7 Å². The molecule has 0 atom stereocenters. The summed E-state index contributed by atoms with van der Waals surface area (Å²) in [7, 11) is 0. The van der Waals surface area contributed by atoms with Gasteiger partial charge in [-0.25, -0.2) is 0 Å². The summed E-state index contributed by atoms with van der Waals surface area (Å²) in [4.78, 5) is 12.1. The Morgan fingerprint density at radius 3 is 0.900 bits per heavy atom. The molecule has 0 radical (unpaired) electrons. The van der Waals surface area contributed by atoms with Gasteiger partial charge in [-0.15, -0.1) is 0 Å². The van der Waals surface area contributed by atoms with Gasteiger partial charge in [0.2, 0.25) is 0 Å². The van der Waals surface area contributed by atoms with Gasteiger partial charge < -0.3 is 5.11 Å². The molecule has 0 unspecified atom stereocenters. The smallest absolute Gasteiger partial charge is 0.512 e. The molecule has 0 rings (SSSR count).